The molecule has 0 fully saturated rings. The van der Waals surface area contributed by atoms with Gasteiger partial charge in [0.05, 0.1) is 12.4 Å². The van der Waals surface area contributed by atoms with Crippen LogP contribution >= 0.6 is 15.9 Å². The fourth-order valence-corrected chi connectivity index (χ4v) is 1.16. The molecule has 2 heterocycles. The van der Waals surface area contributed by atoms with Gasteiger partial charge in [-0.1, -0.05) is 0 Å². The maximum absolute atomic E-state index is 4.12. The molecular weight excluding hydrogens is 208 g/mol. The second-order valence-corrected chi connectivity index (χ2v) is 3.02. The fourth-order valence-electron chi connectivity index (χ4n) is 0.888. The van der Waals surface area contributed by atoms with E-state index in [0.717, 1.165) is 5.52 Å². The topological polar surface area (TPSA) is 43.6 Å². The molecule has 0 aliphatic rings. The van der Waals surface area contributed by atoms with Crippen LogP contribution in [0.1, 0.15) is 0 Å². The molecule has 0 aliphatic carbocycles. The van der Waals surface area contributed by atoms with E-state index < -0.39 is 0 Å². The molecule has 5 heteroatoms. The first-order chi connectivity index (χ1) is 5.25. The minimum Gasteiger partial charge on any atom is -0.271 e. The maximum Gasteiger partial charge on any atom is 0.200 e. The SMILES string of the molecule is Cn1cc2ncc(Br)nc2n1. The van der Waals surface area contributed by atoms with Gasteiger partial charge in [0.15, 0.2) is 0 Å². The zero-order valence-corrected chi connectivity index (χ0v) is 7.41. The zero-order chi connectivity index (χ0) is 7.84. The standard InChI is InChI=1S/C6H5BrN4/c1-11-3-4-6(10-11)9-5(7)2-8-4/h2-3H,1H3. The van der Waals surface area contributed by atoms with Crippen LogP contribution in [0.25, 0.3) is 11.2 Å². The maximum atomic E-state index is 4.12. The Morgan fingerprint density at radius 3 is 3.18 bits per heavy atom. The van der Waals surface area contributed by atoms with E-state index in [4.69, 9.17) is 0 Å². The first-order valence-electron chi connectivity index (χ1n) is 3.07. The normalized spacial score (nSPS) is 10.7. The van der Waals surface area contributed by atoms with Gasteiger partial charge in [-0.3, -0.25) is 4.68 Å². The average molecular weight is 213 g/mol. The number of aryl methyl sites for hydroxylation is 1. The predicted octanol–water partition coefficient (Wildman–Crippen LogP) is 1.13. The van der Waals surface area contributed by atoms with Crippen LogP contribution in [-0.2, 0) is 7.05 Å². The van der Waals surface area contributed by atoms with E-state index >= 15 is 0 Å². The van der Waals surface area contributed by atoms with Gasteiger partial charge in [0.2, 0.25) is 5.65 Å². The van der Waals surface area contributed by atoms with E-state index in [9.17, 15) is 0 Å². The summed E-state index contributed by atoms with van der Waals surface area (Å²) in [5.41, 5.74) is 1.48. The molecule has 0 spiro atoms. The summed E-state index contributed by atoms with van der Waals surface area (Å²) >= 11 is 3.22. The second kappa shape index (κ2) is 2.27. The molecule has 0 bridgehead atoms. The molecule has 2 rings (SSSR count). The highest BCUT2D eigenvalue weighted by Gasteiger charge is 2.00. The summed E-state index contributed by atoms with van der Waals surface area (Å²) in [6, 6.07) is 0. The molecule has 0 aromatic carbocycles. The van der Waals surface area contributed by atoms with Crippen molar-refractivity contribution < 1.29 is 0 Å². The van der Waals surface area contributed by atoms with Crippen LogP contribution < -0.4 is 0 Å². The molecule has 4 nitrogen and oxygen atoms in total. The van der Waals surface area contributed by atoms with Crippen molar-refractivity contribution in [3.8, 4) is 0 Å². The van der Waals surface area contributed by atoms with Gasteiger partial charge in [0.1, 0.15) is 10.1 Å². The average Bonchev–Trinajstić information content (AvgIpc) is 2.27. The molecule has 11 heavy (non-hydrogen) atoms. The number of aromatic nitrogens is 4. The highest BCUT2D eigenvalue weighted by atomic mass is 79.9. The Kier molecular flexibility index (Phi) is 1.38. The Morgan fingerprint density at radius 2 is 2.36 bits per heavy atom. The number of rotatable bonds is 0. The highest BCUT2D eigenvalue weighted by Crippen LogP contribution is 2.09. The molecule has 0 aliphatic heterocycles. The molecule has 2 aromatic heterocycles. The Hall–Kier alpha value is -0.970. The summed E-state index contributed by atoms with van der Waals surface area (Å²) in [5, 5.41) is 4.09. The molecule has 0 unspecified atom stereocenters. The van der Waals surface area contributed by atoms with E-state index in [-0.39, 0.29) is 0 Å². The third kappa shape index (κ3) is 1.11. The lowest BCUT2D eigenvalue weighted by molar-refractivity contribution is 0.775. The Labute approximate surface area is 71.4 Å². The van der Waals surface area contributed by atoms with Gasteiger partial charge < -0.3 is 0 Å². The third-order valence-corrected chi connectivity index (χ3v) is 1.70. The Balaban J connectivity index is 2.82. The van der Waals surface area contributed by atoms with E-state index in [1.54, 1.807) is 10.9 Å². The van der Waals surface area contributed by atoms with Gasteiger partial charge >= 0.3 is 0 Å². The summed E-state index contributed by atoms with van der Waals surface area (Å²) in [5.74, 6) is 0. The molecule has 0 amide bonds. The van der Waals surface area contributed by atoms with Crippen molar-refractivity contribution in [3.63, 3.8) is 0 Å². The number of hydrogen-bond acceptors (Lipinski definition) is 3. The molecule has 0 atom stereocenters. The van der Waals surface area contributed by atoms with Gasteiger partial charge in [-0.25, -0.2) is 9.97 Å². The minimum absolute atomic E-state index is 0.668. The highest BCUT2D eigenvalue weighted by molar-refractivity contribution is 9.10. The van der Waals surface area contributed by atoms with E-state index in [1.165, 1.54) is 0 Å². The van der Waals surface area contributed by atoms with Crippen LogP contribution in [-0.4, -0.2) is 19.7 Å². The van der Waals surface area contributed by atoms with Gasteiger partial charge in [-0.05, 0) is 15.9 Å². The van der Waals surface area contributed by atoms with Crippen LogP contribution in [0.15, 0.2) is 17.0 Å². The van der Waals surface area contributed by atoms with Crippen LogP contribution in [0.4, 0.5) is 0 Å². The molecule has 2 aromatic rings. The van der Waals surface area contributed by atoms with Crippen molar-refractivity contribution in [2.24, 2.45) is 7.05 Å². The van der Waals surface area contributed by atoms with Crippen molar-refractivity contribution in [1.29, 1.82) is 0 Å². The smallest absolute Gasteiger partial charge is 0.200 e. The quantitative estimate of drug-likeness (QED) is 0.658. The molecule has 56 valence electrons. The summed E-state index contributed by atoms with van der Waals surface area (Å²) in [6.07, 6.45) is 3.48. The van der Waals surface area contributed by atoms with E-state index in [2.05, 4.69) is 31.0 Å². The van der Waals surface area contributed by atoms with Crippen molar-refractivity contribution >= 4 is 27.1 Å². The lowest BCUT2D eigenvalue weighted by Gasteiger charge is -1.85. The minimum atomic E-state index is 0.668. The summed E-state index contributed by atoms with van der Waals surface area (Å²) < 4.78 is 2.40. The van der Waals surface area contributed by atoms with E-state index in [0.29, 0.717) is 10.3 Å². The number of nitrogens with zero attached hydrogens (tertiary/aromatic N) is 4. The Morgan fingerprint density at radius 1 is 1.55 bits per heavy atom. The van der Waals surface area contributed by atoms with Crippen molar-refractivity contribution in [2.45, 2.75) is 0 Å². The largest absolute Gasteiger partial charge is 0.271 e. The predicted molar refractivity (Wildman–Crippen MR) is 44.0 cm³/mol. The molecule has 0 N–H and O–H groups in total. The third-order valence-electron chi connectivity index (χ3n) is 1.31. The summed E-state index contributed by atoms with van der Waals surface area (Å²) in [6.45, 7) is 0. The van der Waals surface area contributed by atoms with Gasteiger partial charge in [0.25, 0.3) is 0 Å². The monoisotopic (exact) mass is 212 g/mol. The Bertz CT molecular complexity index is 394. The number of halogens is 1. The van der Waals surface area contributed by atoms with Crippen LogP contribution in [0.5, 0.6) is 0 Å². The first kappa shape index (κ1) is 6.72. The zero-order valence-electron chi connectivity index (χ0n) is 5.82. The van der Waals surface area contributed by atoms with E-state index in [1.807, 2.05) is 13.2 Å². The van der Waals surface area contributed by atoms with Gasteiger partial charge in [-0.15, -0.1) is 0 Å². The summed E-state index contributed by atoms with van der Waals surface area (Å²) in [4.78, 5) is 8.23. The van der Waals surface area contributed by atoms with Crippen molar-refractivity contribution in [2.75, 3.05) is 0 Å². The van der Waals surface area contributed by atoms with Crippen LogP contribution in [0, 0.1) is 0 Å². The second-order valence-electron chi connectivity index (χ2n) is 2.20. The first-order valence-corrected chi connectivity index (χ1v) is 3.87. The van der Waals surface area contributed by atoms with Crippen molar-refractivity contribution in [3.05, 3.63) is 17.0 Å². The van der Waals surface area contributed by atoms with Crippen LogP contribution in [0.3, 0.4) is 0 Å². The molecule has 0 saturated carbocycles. The van der Waals surface area contributed by atoms with Crippen LogP contribution in [0.2, 0.25) is 0 Å². The molecule has 0 radical (unpaired) electrons. The lowest BCUT2D eigenvalue weighted by atomic mass is 10.6. The molecule has 0 saturated heterocycles. The lowest BCUT2D eigenvalue weighted by Crippen LogP contribution is -1.86. The van der Waals surface area contributed by atoms with Gasteiger partial charge in [-0.2, -0.15) is 5.10 Å². The fraction of sp³-hybridized carbons (Fsp3) is 0.167. The number of hydrogen-bond donors (Lipinski definition) is 0. The molecular formula is C6H5BrN4. The van der Waals surface area contributed by atoms with Gasteiger partial charge in [0, 0.05) is 7.05 Å². The van der Waals surface area contributed by atoms with Crippen molar-refractivity contribution in [1.82, 2.24) is 19.7 Å². The summed E-state index contributed by atoms with van der Waals surface area (Å²) in [7, 11) is 1.84. The number of fused-ring (bicyclic) bond motifs is 1.